The molecule has 1 aromatic rings. The van der Waals surface area contributed by atoms with E-state index in [9.17, 15) is 9.90 Å². The van der Waals surface area contributed by atoms with Crippen molar-refractivity contribution in [3.8, 4) is 0 Å². The maximum Gasteiger partial charge on any atom is 0.268 e. The molecule has 2 rings (SSSR count). The first kappa shape index (κ1) is 15.0. The van der Waals surface area contributed by atoms with Crippen molar-refractivity contribution >= 4 is 5.69 Å². The molecule has 1 fully saturated rings. The highest BCUT2D eigenvalue weighted by Crippen LogP contribution is 2.20. The molecule has 1 N–H and O–H groups in total. The van der Waals surface area contributed by atoms with Crippen LogP contribution in [0, 0.1) is 5.92 Å². The monoisotopic (exact) mass is 279 g/mol. The molecule has 1 saturated heterocycles. The Kier molecular flexibility index (Phi) is 4.48. The number of aromatic nitrogens is 2. The van der Waals surface area contributed by atoms with Crippen LogP contribution in [0.3, 0.4) is 0 Å². The van der Waals surface area contributed by atoms with E-state index in [1.165, 1.54) is 17.5 Å². The normalized spacial score (nSPS) is 20.2. The van der Waals surface area contributed by atoms with Gasteiger partial charge in [-0.05, 0) is 39.0 Å². The Bertz CT molecular complexity index is 505. The third-order valence-electron chi connectivity index (χ3n) is 3.81. The highest BCUT2D eigenvalue weighted by atomic mass is 16.3. The number of rotatable bonds is 4. The van der Waals surface area contributed by atoms with Gasteiger partial charge in [0.1, 0.15) is 0 Å². The lowest BCUT2D eigenvalue weighted by molar-refractivity contribution is 0.0646. The van der Waals surface area contributed by atoms with Gasteiger partial charge in [0.15, 0.2) is 0 Å². The van der Waals surface area contributed by atoms with Crippen LogP contribution in [0.5, 0.6) is 0 Å². The van der Waals surface area contributed by atoms with E-state index >= 15 is 0 Å². The molecule has 5 heteroatoms. The van der Waals surface area contributed by atoms with Crippen LogP contribution in [0.2, 0.25) is 0 Å². The van der Waals surface area contributed by atoms with Crippen molar-refractivity contribution in [2.45, 2.75) is 52.2 Å². The summed E-state index contributed by atoms with van der Waals surface area (Å²) in [5, 5.41) is 13.9. The van der Waals surface area contributed by atoms with Gasteiger partial charge in [0, 0.05) is 25.7 Å². The summed E-state index contributed by atoms with van der Waals surface area (Å²) in [5.41, 5.74) is 0.0493. The van der Waals surface area contributed by atoms with Crippen molar-refractivity contribution in [2.24, 2.45) is 5.92 Å². The zero-order chi connectivity index (χ0) is 14.8. The Labute approximate surface area is 120 Å². The standard InChI is InChI=1S/C15H25N3O2/c1-12-5-4-7-17(11-12)13-9-14(19)18(16-10-13)8-6-15(2,3)20/h9-10,12,20H,4-8,11H2,1-3H3. The van der Waals surface area contributed by atoms with E-state index in [2.05, 4.69) is 16.9 Å². The van der Waals surface area contributed by atoms with Gasteiger partial charge in [-0.15, -0.1) is 0 Å². The summed E-state index contributed by atoms with van der Waals surface area (Å²) in [6.07, 6.45) is 4.71. The van der Waals surface area contributed by atoms with Crippen LogP contribution in [0.4, 0.5) is 5.69 Å². The largest absolute Gasteiger partial charge is 0.390 e. The van der Waals surface area contributed by atoms with Crippen LogP contribution in [-0.2, 0) is 6.54 Å². The predicted molar refractivity (Wildman–Crippen MR) is 80.0 cm³/mol. The molecular formula is C15H25N3O2. The van der Waals surface area contributed by atoms with Gasteiger partial charge < -0.3 is 10.0 Å². The topological polar surface area (TPSA) is 58.4 Å². The molecular weight excluding hydrogens is 254 g/mol. The van der Waals surface area contributed by atoms with Gasteiger partial charge in [0.2, 0.25) is 0 Å². The maximum atomic E-state index is 12.1. The van der Waals surface area contributed by atoms with Crippen molar-refractivity contribution < 1.29 is 5.11 Å². The van der Waals surface area contributed by atoms with Crippen LogP contribution in [0.25, 0.3) is 0 Å². The third-order valence-corrected chi connectivity index (χ3v) is 3.81. The zero-order valence-electron chi connectivity index (χ0n) is 12.7. The molecule has 2 heterocycles. The smallest absolute Gasteiger partial charge is 0.268 e. The van der Waals surface area contributed by atoms with Gasteiger partial charge in [-0.25, -0.2) is 4.68 Å². The Hall–Kier alpha value is -1.36. The van der Waals surface area contributed by atoms with Crippen LogP contribution in [-0.4, -0.2) is 33.6 Å². The molecule has 0 aliphatic carbocycles. The second-order valence-corrected chi connectivity index (χ2v) is 6.53. The summed E-state index contributed by atoms with van der Waals surface area (Å²) < 4.78 is 1.43. The minimum absolute atomic E-state index is 0.0926. The Morgan fingerprint density at radius 3 is 2.85 bits per heavy atom. The van der Waals surface area contributed by atoms with Crippen LogP contribution < -0.4 is 10.5 Å². The number of aryl methyl sites for hydroxylation is 1. The van der Waals surface area contributed by atoms with Crippen molar-refractivity contribution in [1.29, 1.82) is 0 Å². The predicted octanol–water partition coefficient (Wildman–Crippen LogP) is 1.64. The number of aliphatic hydroxyl groups is 1. The van der Waals surface area contributed by atoms with Crippen molar-refractivity contribution in [2.75, 3.05) is 18.0 Å². The van der Waals surface area contributed by atoms with Gasteiger partial charge in [-0.2, -0.15) is 5.10 Å². The molecule has 0 amide bonds. The average Bonchev–Trinajstić information content (AvgIpc) is 2.36. The minimum atomic E-state index is -0.776. The van der Waals surface area contributed by atoms with Crippen LogP contribution in [0.15, 0.2) is 17.1 Å². The molecule has 1 atom stereocenters. The first-order valence-corrected chi connectivity index (χ1v) is 7.40. The highest BCUT2D eigenvalue weighted by molar-refractivity contribution is 5.43. The summed E-state index contributed by atoms with van der Waals surface area (Å²) in [7, 11) is 0. The molecule has 1 aromatic heterocycles. The van der Waals surface area contributed by atoms with E-state index in [-0.39, 0.29) is 5.56 Å². The second-order valence-electron chi connectivity index (χ2n) is 6.53. The molecule has 112 valence electrons. The quantitative estimate of drug-likeness (QED) is 0.910. The third kappa shape index (κ3) is 4.07. The number of hydrogen-bond acceptors (Lipinski definition) is 4. The van der Waals surface area contributed by atoms with E-state index < -0.39 is 5.60 Å². The van der Waals surface area contributed by atoms with Gasteiger partial charge in [-0.1, -0.05) is 6.92 Å². The fraction of sp³-hybridized carbons (Fsp3) is 0.733. The summed E-state index contributed by atoms with van der Waals surface area (Å²) in [4.78, 5) is 14.3. The Morgan fingerprint density at radius 1 is 1.50 bits per heavy atom. The van der Waals surface area contributed by atoms with Crippen LogP contribution in [0.1, 0.15) is 40.0 Å². The lowest BCUT2D eigenvalue weighted by Crippen LogP contribution is -2.36. The summed E-state index contributed by atoms with van der Waals surface area (Å²) >= 11 is 0. The lowest BCUT2D eigenvalue weighted by Gasteiger charge is -2.32. The molecule has 0 saturated carbocycles. The van der Waals surface area contributed by atoms with Crippen molar-refractivity contribution in [3.05, 3.63) is 22.6 Å². The molecule has 0 spiro atoms. The molecule has 5 nitrogen and oxygen atoms in total. The Morgan fingerprint density at radius 2 is 2.25 bits per heavy atom. The molecule has 1 aliphatic heterocycles. The van der Waals surface area contributed by atoms with E-state index in [1.807, 2.05) is 0 Å². The van der Waals surface area contributed by atoms with Crippen molar-refractivity contribution in [3.63, 3.8) is 0 Å². The fourth-order valence-electron chi connectivity index (χ4n) is 2.57. The lowest BCUT2D eigenvalue weighted by atomic mass is 10.00. The fourth-order valence-corrected chi connectivity index (χ4v) is 2.57. The second kappa shape index (κ2) is 5.95. The molecule has 0 radical (unpaired) electrons. The van der Waals surface area contributed by atoms with Gasteiger partial charge in [0.25, 0.3) is 5.56 Å². The van der Waals surface area contributed by atoms with Gasteiger partial charge in [-0.3, -0.25) is 4.79 Å². The SMILES string of the molecule is CC1CCCN(c2cnn(CCC(C)(C)O)c(=O)c2)C1. The molecule has 1 unspecified atom stereocenters. The molecule has 20 heavy (non-hydrogen) atoms. The van der Waals surface area contributed by atoms with E-state index in [0.29, 0.717) is 18.9 Å². The zero-order valence-corrected chi connectivity index (χ0v) is 12.7. The van der Waals surface area contributed by atoms with Crippen molar-refractivity contribution in [1.82, 2.24) is 9.78 Å². The number of anilines is 1. The summed E-state index contributed by atoms with van der Waals surface area (Å²) in [6.45, 7) is 8.15. The first-order valence-electron chi connectivity index (χ1n) is 7.40. The summed E-state index contributed by atoms with van der Waals surface area (Å²) in [5.74, 6) is 0.668. The van der Waals surface area contributed by atoms with E-state index in [1.54, 1.807) is 26.1 Å². The first-order chi connectivity index (χ1) is 9.35. The van der Waals surface area contributed by atoms with Crippen LogP contribution >= 0.6 is 0 Å². The maximum absolute atomic E-state index is 12.1. The van der Waals surface area contributed by atoms with Gasteiger partial charge in [0.05, 0.1) is 17.5 Å². The van der Waals surface area contributed by atoms with E-state index in [0.717, 1.165) is 18.8 Å². The molecule has 1 aliphatic rings. The highest BCUT2D eigenvalue weighted by Gasteiger charge is 2.18. The average molecular weight is 279 g/mol. The molecule has 0 bridgehead atoms. The van der Waals surface area contributed by atoms with Gasteiger partial charge >= 0.3 is 0 Å². The number of hydrogen-bond donors (Lipinski definition) is 1. The van der Waals surface area contributed by atoms with E-state index in [4.69, 9.17) is 0 Å². The number of nitrogens with zero attached hydrogens (tertiary/aromatic N) is 3. The minimum Gasteiger partial charge on any atom is -0.390 e. The Balaban J connectivity index is 2.07. The summed E-state index contributed by atoms with van der Waals surface area (Å²) in [6, 6.07) is 1.66. The number of piperidine rings is 1. The molecule has 0 aromatic carbocycles.